The molecule has 6 nitrogen and oxygen atoms in total. The van der Waals surface area contributed by atoms with E-state index in [1.165, 1.54) is 0 Å². The number of nitrogen functional groups attached to an aromatic ring is 1. The number of anilines is 3. The molecular weight excluding hydrogens is 362 g/mol. The van der Waals surface area contributed by atoms with Crippen molar-refractivity contribution in [3.05, 3.63) is 72.6 Å². The maximum absolute atomic E-state index is 12.7. The molecule has 2 aromatic carbocycles. The molecule has 2 heterocycles. The number of amides is 1. The number of piperidine rings is 1. The van der Waals surface area contributed by atoms with Crippen LogP contribution in [-0.4, -0.2) is 30.0 Å². The Bertz CT molecular complexity index is 966. The standard InChI is InChI=1S/C23H25N5O/c24-21-6-3-18(16-7-11-25-12-8-16)15-22(21)28-23(29)17-1-4-19(5-2-17)27-20-9-13-26-14-10-20/h1-8,11-12,15,20,26-27H,9-10,13-14,24H2,(H,28,29). The van der Waals surface area contributed by atoms with Crippen LogP contribution in [0.2, 0.25) is 0 Å². The Labute approximate surface area is 170 Å². The summed E-state index contributed by atoms with van der Waals surface area (Å²) in [6.45, 7) is 2.08. The molecule has 1 aromatic heterocycles. The number of nitrogens with zero attached hydrogens (tertiary/aromatic N) is 1. The van der Waals surface area contributed by atoms with Crippen LogP contribution in [0.25, 0.3) is 11.1 Å². The molecule has 148 valence electrons. The first-order valence-corrected chi connectivity index (χ1v) is 9.87. The topological polar surface area (TPSA) is 92.1 Å². The van der Waals surface area contributed by atoms with Gasteiger partial charge in [-0.1, -0.05) is 6.07 Å². The van der Waals surface area contributed by atoms with Crippen LogP contribution in [0.1, 0.15) is 23.2 Å². The first kappa shape index (κ1) is 19.0. The van der Waals surface area contributed by atoms with Crippen molar-refractivity contribution in [1.82, 2.24) is 10.3 Å². The molecule has 0 saturated carbocycles. The number of aromatic nitrogens is 1. The number of nitrogens with two attached hydrogens (primary N) is 1. The van der Waals surface area contributed by atoms with Crippen LogP contribution in [0.3, 0.4) is 0 Å². The fourth-order valence-electron chi connectivity index (χ4n) is 3.50. The quantitative estimate of drug-likeness (QED) is 0.501. The van der Waals surface area contributed by atoms with Gasteiger partial charge in [0.1, 0.15) is 0 Å². The van der Waals surface area contributed by atoms with Gasteiger partial charge in [0.2, 0.25) is 0 Å². The van der Waals surface area contributed by atoms with Gasteiger partial charge in [0.15, 0.2) is 0 Å². The molecule has 1 fully saturated rings. The van der Waals surface area contributed by atoms with Crippen molar-refractivity contribution < 1.29 is 4.79 Å². The molecule has 0 spiro atoms. The average Bonchev–Trinajstić information content (AvgIpc) is 2.77. The molecule has 0 radical (unpaired) electrons. The van der Waals surface area contributed by atoms with Gasteiger partial charge in [-0.05, 0) is 85.6 Å². The van der Waals surface area contributed by atoms with E-state index < -0.39 is 0 Å². The van der Waals surface area contributed by atoms with E-state index in [2.05, 4.69) is 20.9 Å². The summed E-state index contributed by atoms with van der Waals surface area (Å²) in [6.07, 6.45) is 5.69. The molecule has 4 rings (SSSR count). The van der Waals surface area contributed by atoms with Crippen molar-refractivity contribution in [3.8, 4) is 11.1 Å². The minimum absolute atomic E-state index is 0.183. The van der Waals surface area contributed by atoms with E-state index in [1.54, 1.807) is 18.5 Å². The van der Waals surface area contributed by atoms with E-state index in [0.717, 1.165) is 42.7 Å². The fourth-order valence-corrected chi connectivity index (χ4v) is 3.50. The summed E-state index contributed by atoms with van der Waals surface area (Å²) in [7, 11) is 0. The van der Waals surface area contributed by atoms with Gasteiger partial charge in [0.05, 0.1) is 11.4 Å². The Hall–Kier alpha value is -3.38. The lowest BCUT2D eigenvalue weighted by atomic mass is 10.1. The van der Waals surface area contributed by atoms with E-state index >= 15 is 0 Å². The lowest BCUT2D eigenvalue weighted by Gasteiger charge is -2.24. The summed E-state index contributed by atoms with van der Waals surface area (Å²) < 4.78 is 0. The Balaban J connectivity index is 1.45. The third-order valence-corrected chi connectivity index (χ3v) is 5.17. The zero-order valence-corrected chi connectivity index (χ0v) is 16.2. The van der Waals surface area contributed by atoms with Gasteiger partial charge in [-0.25, -0.2) is 0 Å². The van der Waals surface area contributed by atoms with Crippen LogP contribution in [0.5, 0.6) is 0 Å². The Morgan fingerprint density at radius 3 is 2.41 bits per heavy atom. The van der Waals surface area contributed by atoms with Crippen molar-refractivity contribution in [2.45, 2.75) is 18.9 Å². The largest absolute Gasteiger partial charge is 0.397 e. The third-order valence-electron chi connectivity index (χ3n) is 5.17. The molecule has 5 N–H and O–H groups in total. The molecule has 0 bridgehead atoms. The van der Waals surface area contributed by atoms with Crippen molar-refractivity contribution in [1.29, 1.82) is 0 Å². The number of pyridine rings is 1. The monoisotopic (exact) mass is 387 g/mol. The summed E-state index contributed by atoms with van der Waals surface area (Å²) in [6, 6.07) is 17.5. The van der Waals surface area contributed by atoms with Gasteiger partial charge in [-0.15, -0.1) is 0 Å². The zero-order valence-electron chi connectivity index (χ0n) is 16.2. The summed E-state index contributed by atoms with van der Waals surface area (Å²) in [5.41, 5.74) is 10.8. The lowest BCUT2D eigenvalue weighted by Crippen LogP contribution is -2.35. The Morgan fingerprint density at radius 2 is 1.69 bits per heavy atom. The summed E-state index contributed by atoms with van der Waals surface area (Å²) >= 11 is 0. The van der Waals surface area contributed by atoms with Crippen LogP contribution in [0.4, 0.5) is 17.1 Å². The highest BCUT2D eigenvalue weighted by Crippen LogP contribution is 2.27. The highest BCUT2D eigenvalue weighted by atomic mass is 16.1. The number of nitrogens with one attached hydrogen (secondary N) is 3. The van der Waals surface area contributed by atoms with Crippen LogP contribution in [0.15, 0.2) is 67.0 Å². The number of hydrogen-bond donors (Lipinski definition) is 4. The van der Waals surface area contributed by atoms with Crippen LogP contribution < -0.4 is 21.7 Å². The van der Waals surface area contributed by atoms with E-state index in [4.69, 9.17) is 5.73 Å². The fraction of sp³-hybridized carbons (Fsp3) is 0.217. The molecule has 1 aliphatic heterocycles. The van der Waals surface area contributed by atoms with Gasteiger partial charge < -0.3 is 21.7 Å². The van der Waals surface area contributed by atoms with Gasteiger partial charge in [0.25, 0.3) is 5.91 Å². The molecule has 3 aromatic rings. The summed E-state index contributed by atoms with van der Waals surface area (Å²) in [4.78, 5) is 16.8. The normalized spacial score (nSPS) is 14.3. The number of benzene rings is 2. The minimum Gasteiger partial charge on any atom is -0.397 e. The molecular formula is C23H25N5O. The maximum Gasteiger partial charge on any atom is 0.255 e. The van der Waals surface area contributed by atoms with Gasteiger partial charge in [-0.3, -0.25) is 9.78 Å². The molecule has 0 aliphatic carbocycles. The molecule has 29 heavy (non-hydrogen) atoms. The second kappa shape index (κ2) is 8.75. The SMILES string of the molecule is Nc1ccc(-c2ccncc2)cc1NC(=O)c1ccc(NC2CCNCC2)cc1. The van der Waals surface area contributed by atoms with E-state index in [-0.39, 0.29) is 5.91 Å². The summed E-state index contributed by atoms with van der Waals surface area (Å²) in [5, 5.41) is 9.82. The molecule has 1 aliphatic rings. The van der Waals surface area contributed by atoms with Crippen LogP contribution in [-0.2, 0) is 0 Å². The number of carbonyl (C=O) groups is 1. The van der Waals surface area contributed by atoms with Crippen molar-refractivity contribution in [2.75, 3.05) is 29.5 Å². The highest BCUT2D eigenvalue weighted by molar-refractivity contribution is 6.06. The second-order valence-corrected chi connectivity index (χ2v) is 7.24. The number of rotatable bonds is 5. The smallest absolute Gasteiger partial charge is 0.255 e. The predicted molar refractivity (Wildman–Crippen MR) is 118 cm³/mol. The number of carbonyl (C=O) groups excluding carboxylic acids is 1. The molecule has 0 atom stereocenters. The Kier molecular flexibility index (Phi) is 5.72. The van der Waals surface area contributed by atoms with Crippen molar-refractivity contribution in [2.24, 2.45) is 0 Å². The van der Waals surface area contributed by atoms with Gasteiger partial charge in [0, 0.05) is 29.7 Å². The molecule has 1 saturated heterocycles. The second-order valence-electron chi connectivity index (χ2n) is 7.24. The van der Waals surface area contributed by atoms with E-state index in [1.807, 2.05) is 48.5 Å². The summed E-state index contributed by atoms with van der Waals surface area (Å²) in [5.74, 6) is -0.183. The van der Waals surface area contributed by atoms with E-state index in [0.29, 0.717) is 23.0 Å². The third kappa shape index (κ3) is 4.73. The van der Waals surface area contributed by atoms with Crippen molar-refractivity contribution >= 4 is 23.0 Å². The maximum atomic E-state index is 12.7. The molecule has 6 heteroatoms. The first-order chi connectivity index (χ1) is 14.2. The van der Waals surface area contributed by atoms with E-state index in [9.17, 15) is 4.79 Å². The number of hydrogen-bond acceptors (Lipinski definition) is 5. The molecule has 0 unspecified atom stereocenters. The minimum atomic E-state index is -0.183. The highest BCUT2D eigenvalue weighted by Gasteiger charge is 2.13. The molecule has 1 amide bonds. The Morgan fingerprint density at radius 1 is 0.966 bits per heavy atom. The van der Waals surface area contributed by atoms with Gasteiger partial charge in [-0.2, -0.15) is 0 Å². The van der Waals surface area contributed by atoms with Crippen LogP contribution >= 0.6 is 0 Å². The zero-order chi connectivity index (χ0) is 20.1. The van der Waals surface area contributed by atoms with Crippen LogP contribution in [0, 0.1) is 0 Å². The first-order valence-electron chi connectivity index (χ1n) is 9.87. The van der Waals surface area contributed by atoms with Gasteiger partial charge >= 0.3 is 0 Å². The van der Waals surface area contributed by atoms with Crippen molar-refractivity contribution in [3.63, 3.8) is 0 Å². The predicted octanol–water partition coefficient (Wildman–Crippen LogP) is 3.75. The average molecular weight is 387 g/mol. The lowest BCUT2D eigenvalue weighted by molar-refractivity contribution is 0.102.